The van der Waals surface area contributed by atoms with E-state index in [0.29, 0.717) is 5.92 Å². The van der Waals surface area contributed by atoms with E-state index >= 15 is 0 Å². The number of anilines is 2. The number of hydrogen-bond acceptors (Lipinski definition) is 5. The van der Waals surface area contributed by atoms with E-state index in [0.717, 1.165) is 27.3 Å². The van der Waals surface area contributed by atoms with E-state index in [1.54, 1.807) is 18.5 Å². The number of hydrogen-bond donors (Lipinski definition) is 2. The first-order chi connectivity index (χ1) is 12.7. The Morgan fingerprint density at radius 2 is 2.15 bits per heavy atom. The van der Waals surface area contributed by atoms with Crippen molar-refractivity contribution in [1.82, 2.24) is 9.97 Å². The molecule has 0 radical (unpaired) electrons. The van der Waals surface area contributed by atoms with Crippen LogP contribution in [0.5, 0.6) is 0 Å². The van der Waals surface area contributed by atoms with Gasteiger partial charge < -0.3 is 11.1 Å². The number of allylic oxidation sites excluding steroid dienone is 2. The highest BCUT2D eigenvalue weighted by Crippen LogP contribution is 2.35. The third-order valence-corrected chi connectivity index (χ3v) is 5.71. The van der Waals surface area contributed by atoms with Crippen LogP contribution in [-0.4, -0.2) is 16.3 Å². The van der Waals surface area contributed by atoms with Gasteiger partial charge in [0.05, 0.1) is 11.2 Å². The van der Waals surface area contributed by atoms with Gasteiger partial charge in [0, 0.05) is 29.6 Å². The Labute approximate surface area is 158 Å². The number of aliphatic imine (C=N–C) groups is 1. The topological polar surface area (TPSA) is 76.2 Å². The van der Waals surface area contributed by atoms with Gasteiger partial charge in [-0.1, -0.05) is 49.8 Å². The van der Waals surface area contributed by atoms with Crippen molar-refractivity contribution in [3.8, 4) is 0 Å². The van der Waals surface area contributed by atoms with E-state index in [1.807, 2.05) is 6.07 Å². The normalized spacial score (nSPS) is 21.0. The lowest BCUT2D eigenvalue weighted by Gasteiger charge is -2.25. The second-order valence-electron chi connectivity index (χ2n) is 6.65. The lowest BCUT2D eigenvalue weighted by molar-refractivity contribution is 0.344. The third-order valence-electron chi connectivity index (χ3n) is 4.75. The smallest absolute Gasteiger partial charge is 0.188 e. The molecule has 0 saturated heterocycles. The van der Waals surface area contributed by atoms with Crippen molar-refractivity contribution >= 4 is 34.2 Å². The second kappa shape index (κ2) is 8.76. The molecule has 0 amide bonds. The van der Waals surface area contributed by atoms with E-state index in [4.69, 9.17) is 10.7 Å². The third kappa shape index (κ3) is 4.58. The molecule has 136 valence electrons. The van der Waals surface area contributed by atoms with Crippen molar-refractivity contribution < 1.29 is 0 Å². The zero-order chi connectivity index (χ0) is 18.4. The maximum absolute atomic E-state index is 5.30. The molecule has 3 rings (SSSR count). The number of nitrogens with one attached hydrogen (secondary N) is 1. The van der Waals surface area contributed by atoms with Crippen molar-refractivity contribution in [2.24, 2.45) is 16.6 Å². The lowest BCUT2D eigenvalue weighted by Crippen LogP contribution is -2.12. The van der Waals surface area contributed by atoms with Crippen LogP contribution in [0.15, 0.2) is 48.2 Å². The Morgan fingerprint density at radius 3 is 2.88 bits per heavy atom. The van der Waals surface area contributed by atoms with Gasteiger partial charge in [0.25, 0.3) is 0 Å². The fourth-order valence-corrected chi connectivity index (χ4v) is 4.05. The molecule has 1 aliphatic carbocycles. The number of aromatic nitrogens is 2. The number of rotatable bonds is 6. The zero-order valence-electron chi connectivity index (χ0n) is 15.1. The predicted octanol–water partition coefficient (Wildman–Crippen LogP) is 5.09. The summed E-state index contributed by atoms with van der Waals surface area (Å²) in [5, 5.41) is 4.12. The number of thiazole rings is 1. The molecule has 1 saturated carbocycles. The molecule has 2 aromatic rings. The molecule has 0 aliphatic heterocycles. The van der Waals surface area contributed by atoms with Crippen LogP contribution in [-0.2, 0) is 0 Å². The van der Waals surface area contributed by atoms with Gasteiger partial charge in [-0.15, -0.1) is 0 Å². The van der Waals surface area contributed by atoms with Gasteiger partial charge in [0.2, 0.25) is 0 Å². The molecule has 6 heteroatoms. The van der Waals surface area contributed by atoms with Crippen molar-refractivity contribution in [2.75, 3.05) is 5.32 Å². The van der Waals surface area contributed by atoms with Gasteiger partial charge >= 0.3 is 0 Å². The van der Waals surface area contributed by atoms with Crippen LogP contribution in [0, 0.1) is 5.92 Å². The van der Waals surface area contributed by atoms with E-state index in [2.05, 4.69) is 40.9 Å². The Hall–Kier alpha value is -2.47. The maximum atomic E-state index is 5.30. The van der Waals surface area contributed by atoms with E-state index in [9.17, 15) is 0 Å². The van der Waals surface area contributed by atoms with Gasteiger partial charge in [-0.25, -0.2) is 15.0 Å². The highest BCUT2D eigenvalue weighted by Gasteiger charge is 2.20. The van der Waals surface area contributed by atoms with Gasteiger partial charge in [0.15, 0.2) is 5.13 Å². The fraction of sp³-hybridized carbons (Fsp3) is 0.350. The zero-order valence-corrected chi connectivity index (χ0v) is 15.9. The summed E-state index contributed by atoms with van der Waals surface area (Å²) in [5.74, 6) is 2.26. The molecular formula is C20H25N5S. The summed E-state index contributed by atoms with van der Waals surface area (Å²) in [6.45, 7) is 6.16. The molecule has 1 fully saturated rings. The highest BCUT2D eigenvalue weighted by atomic mass is 32.1. The fourth-order valence-electron chi connectivity index (χ4n) is 3.22. The first-order valence-electron chi connectivity index (χ1n) is 8.95. The summed E-state index contributed by atoms with van der Waals surface area (Å²) in [7, 11) is 0. The molecular weight excluding hydrogens is 342 g/mol. The Morgan fingerprint density at radius 1 is 1.35 bits per heavy atom. The molecule has 2 heterocycles. The minimum Gasteiger partial charge on any atom is -0.390 e. The number of nitrogens with zero attached hydrogens (tertiary/aromatic N) is 3. The number of pyridine rings is 1. The van der Waals surface area contributed by atoms with E-state index < -0.39 is 0 Å². The summed E-state index contributed by atoms with van der Waals surface area (Å²) < 4.78 is 0. The lowest BCUT2D eigenvalue weighted by atomic mass is 9.81. The summed E-state index contributed by atoms with van der Waals surface area (Å²) in [6, 6.07) is 6.20. The summed E-state index contributed by atoms with van der Waals surface area (Å²) in [6.07, 6.45) is 11.5. The molecule has 0 aromatic carbocycles. The molecule has 0 spiro atoms. The predicted molar refractivity (Wildman–Crippen MR) is 111 cm³/mol. The largest absolute Gasteiger partial charge is 0.390 e. The van der Waals surface area contributed by atoms with Crippen LogP contribution in [0.1, 0.15) is 49.1 Å². The summed E-state index contributed by atoms with van der Waals surface area (Å²) >= 11 is 1.54. The molecule has 5 nitrogen and oxygen atoms in total. The van der Waals surface area contributed by atoms with Crippen molar-refractivity contribution in [3.63, 3.8) is 0 Å². The molecule has 26 heavy (non-hydrogen) atoms. The Balaban J connectivity index is 1.72. The summed E-state index contributed by atoms with van der Waals surface area (Å²) in [4.78, 5) is 14.2. The van der Waals surface area contributed by atoms with Crippen LogP contribution >= 0.6 is 11.3 Å². The quantitative estimate of drug-likeness (QED) is 0.423. The van der Waals surface area contributed by atoms with Crippen LogP contribution < -0.4 is 11.1 Å². The SMILES string of the molecule is C=C/C(=C\N=CN)c1cnc(Nc2cccc(C3CCC(C)CC3)n2)s1. The summed E-state index contributed by atoms with van der Waals surface area (Å²) in [5.41, 5.74) is 7.36. The molecule has 0 unspecified atom stereocenters. The average molecular weight is 368 g/mol. The average Bonchev–Trinajstić information content (AvgIpc) is 3.11. The van der Waals surface area contributed by atoms with Crippen LogP contribution in [0.2, 0.25) is 0 Å². The van der Waals surface area contributed by atoms with Crippen molar-refractivity contribution in [1.29, 1.82) is 0 Å². The molecule has 0 bridgehead atoms. The Bertz CT molecular complexity index is 800. The first-order valence-corrected chi connectivity index (χ1v) is 9.77. The minimum absolute atomic E-state index is 0.573. The minimum atomic E-state index is 0.573. The number of nitrogens with two attached hydrogens (primary N) is 1. The van der Waals surface area contributed by atoms with Crippen LogP contribution in [0.4, 0.5) is 10.9 Å². The standard InChI is InChI=1S/C20H25N5S/c1-3-15(11-22-13-21)18-12-23-20(26-18)25-19-6-4-5-17(24-19)16-9-7-14(2)8-10-16/h3-6,11-14,16H,1,7-10H2,2H3,(H2,21,22)(H,23,24,25)/b15-11+. The Kier molecular flexibility index (Phi) is 6.17. The van der Waals surface area contributed by atoms with Crippen molar-refractivity contribution in [3.05, 3.63) is 53.8 Å². The van der Waals surface area contributed by atoms with Crippen molar-refractivity contribution in [2.45, 2.75) is 38.5 Å². The molecule has 1 aliphatic rings. The molecule has 3 N–H and O–H groups in total. The van der Waals surface area contributed by atoms with E-state index in [-0.39, 0.29) is 0 Å². The van der Waals surface area contributed by atoms with Crippen LogP contribution in [0.3, 0.4) is 0 Å². The second-order valence-corrected chi connectivity index (χ2v) is 7.68. The van der Waals surface area contributed by atoms with Gasteiger partial charge in [-0.2, -0.15) is 0 Å². The van der Waals surface area contributed by atoms with Gasteiger partial charge in [-0.3, -0.25) is 0 Å². The molecule has 2 aromatic heterocycles. The monoisotopic (exact) mass is 367 g/mol. The first kappa shape index (κ1) is 18.3. The molecule has 0 atom stereocenters. The highest BCUT2D eigenvalue weighted by molar-refractivity contribution is 7.16. The maximum Gasteiger partial charge on any atom is 0.188 e. The van der Waals surface area contributed by atoms with E-state index in [1.165, 1.54) is 49.1 Å². The van der Waals surface area contributed by atoms with Gasteiger partial charge in [-0.05, 0) is 30.9 Å². The van der Waals surface area contributed by atoms with Gasteiger partial charge in [0.1, 0.15) is 5.82 Å². The van der Waals surface area contributed by atoms with Crippen LogP contribution in [0.25, 0.3) is 5.57 Å².